The summed E-state index contributed by atoms with van der Waals surface area (Å²) in [7, 11) is 5.70. The van der Waals surface area contributed by atoms with E-state index in [9.17, 15) is 4.79 Å². The highest BCUT2D eigenvalue weighted by Crippen LogP contribution is 2.19. The van der Waals surface area contributed by atoms with Crippen molar-refractivity contribution >= 4 is 5.91 Å². The van der Waals surface area contributed by atoms with E-state index in [1.807, 2.05) is 38.2 Å². The van der Waals surface area contributed by atoms with Crippen molar-refractivity contribution in [3.63, 3.8) is 0 Å². The molecule has 1 aromatic carbocycles. The Kier molecular flexibility index (Phi) is 6.42. The van der Waals surface area contributed by atoms with Gasteiger partial charge in [0, 0.05) is 33.3 Å². The third kappa shape index (κ3) is 5.22. The van der Waals surface area contributed by atoms with Crippen LogP contribution in [0.3, 0.4) is 0 Å². The first kappa shape index (κ1) is 17.8. The van der Waals surface area contributed by atoms with Crippen LogP contribution < -0.4 is 4.74 Å². The molecule has 5 heteroatoms. The maximum absolute atomic E-state index is 12.2. The van der Waals surface area contributed by atoms with Crippen LogP contribution in [0.15, 0.2) is 24.3 Å². The number of hydrogen-bond donors (Lipinski definition) is 0. The first-order valence-electron chi connectivity index (χ1n) is 8.16. The zero-order valence-corrected chi connectivity index (χ0v) is 14.6. The Morgan fingerprint density at radius 3 is 2.87 bits per heavy atom. The average molecular weight is 320 g/mol. The Morgan fingerprint density at radius 1 is 1.43 bits per heavy atom. The molecule has 128 valence electrons. The van der Waals surface area contributed by atoms with Crippen LogP contribution in [0.25, 0.3) is 0 Å². The van der Waals surface area contributed by atoms with Crippen molar-refractivity contribution in [2.45, 2.75) is 31.9 Å². The van der Waals surface area contributed by atoms with Gasteiger partial charge in [0.15, 0.2) is 0 Å². The lowest BCUT2D eigenvalue weighted by atomic mass is 10.2. The van der Waals surface area contributed by atoms with E-state index in [1.165, 1.54) is 0 Å². The molecular formula is C18H28N2O3. The van der Waals surface area contributed by atoms with E-state index < -0.39 is 0 Å². The Balaban J connectivity index is 1.72. The Labute approximate surface area is 139 Å². The van der Waals surface area contributed by atoms with Gasteiger partial charge in [-0.25, -0.2) is 0 Å². The van der Waals surface area contributed by atoms with Crippen LogP contribution in [0.1, 0.15) is 18.4 Å². The summed E-state index contributed by atoms with van der Waals surface area (Å²) in [5.41, 5.74) is 1.16. The number of methoxy groups -OCH3 is 1. The molecule has 1 aliphatic rings. The lowest BCUT2D eigenvalue weighted by Crippen LogP contribution is -2.39. The van der Waals surface area contributed by atoms with Gasteiger partial charge in [-0.15, -0.1) is 0 Å². The van der Waals surface area contributed by atoms with E-state index in [4.69, 9.17) is 9.47 Å². The summed E-state index contributed by atoms with van der Waals surface area (Å²) < 4.78 is 11.1. The molecule has 0 bridgehead atoms. The molecule has 0 saturated carbocycles. The maximum Gasteiger partial charge on any atom is 0.225 e. The average Bonchev–Trinajstić information content (AvgIpc) is 2.87. The Hall–Kier alpha value is -1.59. The normalized spacial score (nSPS) is 21.4. The highest BCUT2D eigenvalue weighted by Gasteiger charge is 2.30. The maximum atomic E-state index is 12.2. The number of benzene rings is 1. The van der Waals surface area contributed by atoms with Crippen molar-refractivity contribution in [3.05, 3.63) is 29.8 Å². The van der Waals surface area contributed by atoms with Crippen molar-refractivity contribution in [1.29, 1.82) is 0 Å². The summed E-state index contributed by atoms with van der Waals surface area (Å²) >= 11 is 0. The third-order valence-corrected chi connectivity index (χ3v) is 4.47. The number of hydrogen-bond acceptors (Lipinski definition) is 4. The molecule has 1 heterocycles. The molecule has 1 aliphatic heterocycles. The van der Waals surface area contributed by atoms with Gasteiger partial charge in [-0.3, -0.25) is 9.69 Å². The number of ether oxygens (including phenoxy) is 2. The van der Waals surface area contributed by atoms with Crippen LogP contribution in [0.5, 0.6) is 5.75 Å². The zero-order chi connectivity index (χ0) is 16.8. The molecule has 1 aromatic rings. The van der Waals surface area contributed by atoms with E-state index >= 15 is 0 Å². The first-order valence-corrected chi connectivity index (χ1v) is 8.16. The fraction of sp³-hybridized carbons (Fsp3) is 0.611. The number of nitrogens with zero attached hydrogens (tertiary/aromatic N) is 2. The van der Waals surface area contributed by atoms with Gasteiger partial charge in [0.1, 0.15) is 5.75 Å². The van der Waals surface area contributed by atoms with Crippen LogP contribution in [0.2, 0.25) is 0 Å². The van der Waals surface area contributed by atoms with E-state index in [1.54, 1.807) is 12.0 Å². The standard InChI is InChI=1S/C18H28N2O3/c1-14-6-5-7-16(10-14)23-9-8-18(21)20(3)12-15-11-17(22-4)13-19(15)2/h5-7,10,15,17H,8-9,11-13H2,1-4H3/t15-,17-/m0/s1. The predicted molar refractivity (Wildman–Crippen MR) is 90.8 cm³/mol. The van der Waals surface area contributed by atoms with Crippen molar-refractivity contribution in [1.82, 2.24) is 9.80 Å². The number of likely N-dealkylation sites (tertiary alicyclic amines) is 1. The monoisotopic (exact) mass is 320 g/mol. The fourth-order valence-corrected chi connectivity index (χ4v) is 2.98. The third-order valence-electron chi connectivity index (χ3n) is 4.47. The smallest absolute Gasteiger partial charge is 0.225 e. The highest BCUT2D eigenvalue weighted by atomic mass is 16.5. The summed E-state index contributed by atoms with van der Waals surface area (Å²) in [6.07, 6.45) is 1.65. The van der Waals surface area contributed by atoms with Crippen molar-refractivity contribution in [2.75, 3.05) is 40.9 Å². The summed E-state index contributed by atoms with van der Waals surface area (Å²) in [4.78, 5) is 16.3. The zero-order valence-electron chi connectivity index (χ0n) is 14.6. The molecule has 0 radical (unpaired) electrons. The van der Waals surface area contributed by atoms with Crippen LogP contribution in [0, 0.1) is 6.92 Å². The minimum atomic E-state index is 0.118. The van der Waals surface area contributed by atoms with E-state index in [2.05, 4.69) is 11.9 Å². The minimum absolute atomic E-state index is 0.118. The molecule has 0 aliphatic carbocycles. The lowest BCUT2D eigenvalue weighted by molar-refractivity contribution is -0.131. The van der Waals surface area contributed by atoms with E-state index in [-0.39, 0.29) is 12.0 Å². The SMILES string of the molecule is CO[C@H]1C[C@@H](CN(C)C(=O)CCOc2cccc(C)c2)N(C)C1. The van der Waals surface area contributed by atoms with Crippen LogP contribution >= 0.6 is 0 Å². The first-order chi connectivity index (χ1) is 11.0. The number of carbonyl (C=O) groups excluding carboxylic acids is 1. The molecule has 2 rings (SSSR count). The second-order valence-electron chi connectivity index (χ2n) is 6.38. The Morgan fingerprint density at radius 2 is 2.22 bits per heavy atom. The molecule has 0 N–H and O–H groups in total. The van der Waals surface area contributed by atoms with Gasteiger partial charge in [0.2, 0.25) is 5.91 Å². The Bertz CT molecular complexity index is 521. The fourth-order valence-electron chi connectivity index (χ4n) is 2.98. The second-order valence-corrected chi connectivity index (χ2v) is 6.38. The van der Waals surface area contributed by atoms with Gasteiger partial charge < -0.3 is 14.4 Å². The van der Waals surface area contributed by atoms with Gasteiger partial charge in [0.05, 0.1) is 19.1 Å². The van der Waals surface area contributed by atoms with Gasteiger partial charge in [0.25, 0.3) is 0 Å². The number of rotatable bonds is 7. The van der Waals surface area contributed by atoms with Gasteiger partial charge >= 0.3 is 0 Å². The molecule has 0 unspecified atom stereocenters. The molecule has 2 atom stereocenters. The van der Waals surface area contributed by atoms with E-state index in [0.717, 1.165) is 30.8 Å². The van der Waals surface area contributed by atoms with Gasteiger partial charge in [-0.05, 0) is 38.1 Å². The van der Waals surface area contributed by atoms with Crippen molar-refractivity contribution in [2.24, 2.45) is 0 Å². The molecule has 1 saturated heterocycles. The summed E-state index contributed by atoms with van der Waals surface area (Å²) in [5, 5.41) is 0. The van der Waals surface area contributed by atoms with Gasteiger partial charge in [-0.1, -0.05) is 12.1 Å². The van der Waals surface area contributed by atoms with E-state index in [0.29, 0.717) is 19.1 Å². The molecule has 0 spiro atoms. The second kappa shape index (κ2) is 8.31. The summed E-state index contributed by atoms with van der Waals surface area (Å²) in [6.45, 7) is 4.10. The van der Waals surface area contributed by atoms with Crippen LogP contribution in [-0.4, -0.2) is 68.8 Å². The minimum Gasteiger partial charge on any atom is -0.493 e. The predicted octanol–water partition coefficient (Wildman–Crippen LogP) is 1.94. The number of amides is 1. The van der Waals surface area contributed by atoms with Crippen LogP contribution in [0.4, 0.5) is 0 Å². The molecule has 23 heavy (non-hydrogen) atoms. The highest BCUT2D eigenvalue weighted by molar-refractivity contribution is 5.76. The van der Waals surface area contributed by atoms with Crippen LogP contribution in [-0.2, 0) is 9.53 Å². The van der Waals surface area contributed by atoms with Crippen molar-refractivity contribution in [3.8, 4) is 5.75 Å². The molecule has 1 fully saturated rings. The summed E-state index contributed by atoms with van der Waals surface area (Å²) in [5.74, 6) is 0.936. The topological polar surface area (TPSA) is 42.0 Å². The number of aryl methyl sites for hydroxylation is 1. The van der Waals surface area contributed by atoms with Gasteiger partial charge in [-0.2, -0.15) is 0 Å². The molecule has 1 amide bonds. The molecule has 0 aromatic heterocycles. The largest absolute Gasteiger partial charge is 0.493 e. The number of carbonyl (C=O) groups is 1. The lowest BCUT2D eigenvalue weighted by Gasteiger charge is -2.25. The molecular weight excluding hydrogens is 292 g/mol. The molecule has 5 nitrogen and oxygen atoms in total. The number of likely N-dealkylation sites (N-methyl/N-ethyl adjacent to an activating group) is 2. The van der Waals surface area contributed by atoms with Crippen molar-refractivity contribution < 1.29 is 14.3 Å². The quantitative estimate of drug-likeness (QED) is 0.770. The summed E-state index contributed by atoms with van der Waals surface area (Å²) in [6, 6.07) is 8.25.